The van der Waals surface area contributed by atoms with E-state index in [1.807, 2.05) is 0 Å². The molecule has 0 saturated heterocycles. The van der Waals surface area contributed by atoms with Crippen molar-refractivity contribution >= 4 is 0 Å². The van der Waals surface area contributed by atoms with Crippen molar-refractivity contribution in [3.63, 3.8) is 0 Å². The maximum Gasteiger partial charge on any atom is 0 e. The van der Waals surface area contributed by atoms with Gasteiger partial charge in [-0.25, -0.2) is 0 Å². The fraction of sp³-hybridized carbons (Fsp3) is 0. The fourth-order valence-electron chi connectivity index (χ4n) is 0. The molecule has 0 spiro atoms. The Balaban J connectivity index is 0. The predicted octanol–water partition coefficient (Wildman–Crippen LogP) is -0.00750. The van der Waals surface area contributed by atoms with Crippen molar-refractivity contribution in [2.75, 3.05) is 0 Å². The summed E-state index contributed by atoms with van der Waals surface area (Å²) in [5, 5.41) is 0. The molecular weight excluding hydrogens is 682 g/mol. The second-order valence-corrected chi connectivity index (χ2v) is 0. The molecule has 0 nitrogen and oxygen atoms in total. The summed E-state index contributed by atoms with van der Waals surface area (Å²) < 4.78 is 0. The molecule has 2 radical (unpaired) electrons. The van der Waals surface area contributed by atoms with Gasteiger partial charge in [0.05, 0.1) is 0 Å². The molecular formula is HfLaTaW. The molecule has 4 heteroatoms. The molecule has 0 rings (SSSR count). The number of hydrogen-bond donors (Lipinski definition) is 0. The van der Waals surface area contributed by atoms with Crippen LogP contribution in [0, 0.1) is 35.6 Å². The number of rotatable bonds is 0. The summed E-state index contributed by atoms with van der Waals surface area (Å²) >= 11 is 0. The van der Waals surface area contributed by atoms with Gasteiger partial charge in [-0.15, -0.1) is 0 Å². The van der Waals surface area contributed by atoms with E-state index in [4.69, 9.17) is 0 Å². The van der Waals surface area contributed by atoms with Crippen LogP contribution in [-0.4, -0.2) is 0 Å². The minimum absolute atomic E-state index is 0. The standard InChI is InChI=1S/Hf.La.Ta.W. The Labute approximate surface area is 102 Å². The minimum Gasteiger partial charge on any atom is 0 e. The van der Waals surface area contributed by atoms with Gasteiger partial charge < -0.3 is 0 Å². The SMILES string of the molecule is [Hf].[La].[Ta].[W]. The topological polar surface area (TPSA) is 0 Å². The first-order chi connectivity index (χ1) is 0. The van der Waals surface area contributed by atoms with E-state index in [1.165, 1.54) is 0 Å². The summed E-state index contributed by atoms with van der Waals surface area (Å²) in [7, 11) is 0. The second kappa shape index (κ2) is 16.1. The average Bonchev–Trinajstić information content (AvgIpc) is 0. The van der Waals surface area contributed by atoms with Crippen LogP contribution in [0.4, 0.5) is 0 Å². The normalized spacial score (nSPS) is 0. The van der Waals surface area contributed by atoms with Gasteiger partial charge in [0.2, 0.25) is 0 Å². The third kappa shape index (κ3) is 9.09. The van der Waals surface area contributed by atoms with Crippen LogP contribution in [0.3, 0.4) is 0 Å². The van der Waals surface area contributed by atoms with Gasteiger partial charge >= 0.3 is 0 Å². The van der Waals surface area contributed by atoms with Crippen molar-refractivity contribution in [2.45, 2.75) is 0 Å². The van der Waals surface area contributed by atoms with Gasteiger partial charge in [0.15, 0.2) is 0 Å². The smallest absolute Gasteiger partial charge is 0 e. The molecule has 0 fully saturated rings. The fourth-order valence-corrected chi connectivity index (χ4v) is 0. The second-order valence-electron chi connectivity index (χ2n) is 0. The molecule has 0 amide bonds. The van der Waals surface area contributed by atoms with Crippen LogP contribution in [-0.2, 0) is 69.3 Å². The van der Waals surface area contributed by atoms with Gasteiger partial charge in [0.1, 0.15) is 0 Å². The summed E-state index contributed by atoms with van der Waals surface area (Å²) in [6.07, 6.45) is 0. The van der Waals surface area contributed by atoms with E-state index in [1.54, 1.807) is 0 Å². The molecule has 0 aromatic carbocycles. The molecule has 0 bridgehead atoms. The molecule has 0 aliphatic heterocycles. The van der Waals surface area contributed by atoms with Crippen LogP contribution in [0.5, 0.6) is 0 Å². The molecule has 0 N–H and O–H groups in total. The van der Waals surface area contributed by atoms with E-state index in [9.17, 15) is 0 Å². The van der Waals surface area contributed by atoms with Crippen molar-refractivity contribution in [1.29, 1.82) is 0 Å². The Hall–Kier alpha value is 3.49. The third-order valence-corrected chi connectivity index (χ3v) is 0. The van der Waals surface area contributed by atoms with Crippen LogP contribution < -0.4 is 0 Å². The Kier molecular flexibility index (Phi) is 104. The van der Waals surface area contributed by atoms with Crippen LogP contribution in [0.2, 0.25) is 0 Å². The summed E-state index contributed by atoms with van der Waals surface area (Å²) in [6.45, 7) is 0. The molecule has 0 aromatic heterocycles. The Morgan fingerprint density at radius 3 is 1.00 bits per heavy atom. The first-order valence-electron chi connectivity index (χ1n) is 0. The molecule has 0 saturated carbocycles. The van der Waals surface area contributed by atoms with Crippen LogP contribution in [0.15, 0.2) is 0 Å². The van der Waals surface area contributed by atoms with Gasteiger partial charge in [-0.2, -0.15) is 0 Å². The quantitative estimate of drug-likeness (QED) is 0.316. The minimum atomic E-state index is 0. The summed E-state index contributed by atoms with van der Waals surface area (Å²) in [4.78, 5) is 0. The largest absolute Gasteiger partial charge is 0 e. The van der Waals surface area contributed by atoms with Gasteiger partial charge in [0.25, 0.3) is 0 Å². The Morgan fingerprint density at radius 1 is 1.00 bits per heavy atom. The molecule has 0 unspecified atom stereocenters. The van der Waals surface area contributed by atoms with E-state index >= 15 is 0 Å². The van der Waals surface area contributed by atoms with Crippen LogP contribution in [0.25, 0.3) is 0 Å². The van der Waals surface area contributed by atoms with Crippen LogP contribution in [0.1, 0.15) is 0 Å². The summed E-state index contributed by atoms with van der Waals surface area (Å²) in [6, 6.07) is 0. The molecule has 0 atom stereocenters. The third-order valence-electron chi connectivity index (χ3n) is 0. The molecule has 0 heterocycles. The zero-order valence-electron chi connectivity index (χ0n) is 1.93. The van der Waals surface area contributed by atoms with E-state index in [2.05, 4.69) is 0 Å². The summed E-state index contributed by atoms with van der Waals surface area (Å²) in [5.41, 5.74) is 0. The van der Waals surface area contributed by atoms with Gasteiger partial charge in [-0.05, 0) is 0 Å². The van der Waals surface area contributed by atoms with Crippen molar-refractivity contribution in [2.24, 2.45) is 0 Å². The average molecular weight is 682 g/mol. The first-order valence-corrected chi connectivity index (χ1v) is 0. The monoisotopic (exact) mass is 684 g/mol. The Morgan fingerprint density at radius 2 is 1.00 bits per heavy atom. The molecule has 18 valence electrons. The van der Waals surface area contributed by atoms with E-state index < -0.39 is 0 Å². The van der Waals surface area contributed by atoms with E-state index in [0.29, 0.717) is 0 Å². The molecule has 0 aliphatic carbocycles. The zero-order chi connectivity index (χ0) is 0. The van der Waals surface area contributed by atoms with Gasteiger partial charge in [-0.3, -0.25) is 0 Å². The molecule has 4 heavy (non-hydrogen) atoms. The van der Waals surface area contributed by atoms with Crippen molar-refractivity contribution < 1.29 is 105 Å². The van der Waals surface area contributed by atoms with Crippen LogP contribution >= 0.6 is 0 Å². The van der Waals surface area contributed by atoms with Crippen molar-refractivity contribution in [3.8, 4) is 0 Å². The maximum atomic E-state index is 0. The van der Waals surface area contributed by atoms with Gasteiger partial charge in [0, 0.05) is 105 Å². The van der Waals surface area contributed by atoms with E-state index in [-0.39, 0.29) is 105 Å². The van der Waals surface area contributed by atoms with E-state index in [0.717, 1.165) is 0 Å². The maximum absolute atomic E-state index is 0. The van der Waals surface area contributed by atoms with Crippen molar-refractivity contribution in [3.05, 3.63) is 0 Å². The van der Waals surface area contributed by atoms with Gasteiger partial charge in [-0.1, -0.05) is 0 Å². The first kappa shape index (κ1) is 25.9. The number of hydrogen-bond acceptors (Lipinski definition) is 0. The Bertz CT molecular complexity index is 8.00. The molecule has 0 aliphatic rings. The van der Waals surface area contributed by atoms with Crippen molar-refractivity contribution in [1.82, 2.24) is 0 Å². The molecule has 0 aromatic rings. The zero-order valence-corrected chi connectivity index (χ0v) is 15.3. The predicted molar refractivity (Wildman–Crippen MR) is 0 cm³/mol. The summed E-state index contributed by atoms with van der Waals surface area (Å²) in [5.74, 6) is 0.